The molecular formula is C16H17N3O3. The molecule has 2 rings (SSSR count). The third kappa shape index (κ3) is 3.54. The Morgan fingerprint density at radius 1 is 1.00 bits per heavy atom. The third-order valence-corrected chi connectivity index (χ3v) is 3.00. The maximum Gasteiger partial charge on any atom is 0.269 e. The van der Waals surface area contributed by atoms with Crippen LogP contribution in [-0.4, -0.2) is 25.1 Å². The van der Waals surface area contributed by atoms with E-state index in [4.69, 9.17) is 9.47 Å². The lowest BCUT2D eigenvalue weighted by Crippen LogP contribution is -2.35. The molecule has 0 aliphatic heterocycles. The topological polar surface area (TPSA) is 72.5 Å². The zero-order chi connectivity index (χ0) is 15.9. The number of hydrazine groups is 1. The predicted octanol–water partition coefficient (Wildman–Crippen LogP) is 2.00. The summed E-state index contributed by atoms with van der Waals surface area (Å²) in [4.78, 5) is 16.0. The predicted molar refractivity (Wildman–Crippen MR) is 83.4 cm³/mol. The van der Waals surface area contributed by atoms with Gasteiger partial charge in [0, 0.05) is 23.5 Å². The minimum absolute atomic E-state index is 0.309. The van der Waals surface area contributed by atoms with E-state index in [0.29, 0.717) is 22.8 Å². The third-order valence-electron chi connectivity index (χ3n) is 3.00. The Balaban J connectivity index is 2.02. The highest BCUT2D eigenvalue weighted by atomic mass is 16.5. The van der Waals surface area contributed by atoms with Crippen LogP contribution >= 0.6 is 0 Å². The number of carbonyl (C=O) groups is 1. The largest absolute Gasteiger partial charge is 0.493 e. The standard InChI is InChI=1S/C16H17N3O3/c1-11(12-6-8-17-9-7-12)18-19-16(20)13-4-5-14(21-2)15(10-13)22-3/h4-10,18H,1H2,2-3H3,(H,19,20). The minimum Gasteiger partial charge on any atom is -0.493 e. The van der Waals surface area contributed by atoms with Crippen LogP contribution in [0.3, 0.4) is 0 Å². The number of ether oxygens (including phenoxy) is 2. The Kier molecular flexibility index (Phi) is 4.98. The van der Waals surface area contributed by atoms with Crippen molar-refractivity contribution in [3.8, 4) is 11.5 Å². The van der Waals surface area contributed by atoms with Gasteiger partial charge in [-0.25, -0.2) is 0 Å². The molecule has 2 aromatic rings. The molecule has 6 nitrogen and oxygen atoms in total. The van der Waals surface area contributed by atoms with Crippen molar-refractivity contribution in [3.05, 3.63) is 60.4 Å². The van der Waals surface area contributed by atoms with Crippen molar-refractivity contribution in [1.29, 1.82) is 0 Å². The summed E-state index contributed by atoms with van der Waals surface area (Å²) in [5, 5.41) is 0. The number of hydrogen-bond donors (Lipinski definition) is 2. The van der Waals surface area contributed by atoms with Gasteiger partial charge in [-0.15, -0.1) is 0 Å². The van der Waals surface area contributed by atoms with Crippen LogP contribution in [0, 0.1) is 0 Å². The molecule has 1 aromatic heterocycles. The van der Waals surface area contributed by atoms with Crippen LogP contribution in [-0.2, 0) is 0 Å². The monoisotopic (exact) mass is 299 g/mol. The fourth-order valence-corrected chi connectivity index (χ4v) is 1.81. The van der Waals surface area contributed by atoms with Gasteiger partial charge in [0.15, 0.2) is 11.5 Å². The van der Waals surface area contributed by atoms with E-state index >= 15 is 0 Å². The SMILES string of the molecule is C=C(NNC(=O)c1ccc(OC)c(OC)c1)c1ccncc1. The van der Waals surface area contributed by atoms with Gasteiger partial charge in [0.2, 0.25) is 0 Å². The number of hydrogen-bond acceptors (Lipinski definition) is 5. The summed E-state index contributed by atoms with van der Waals surface area (Å²) in [6.45, 7) is 3.85. The second-order valence-corrected chi connectivity index (χ2v) is 4.36. The summed E-state index contributed by atoms with van der Waals surface area (Å²) in [6, 6.07) is 8.50. The number of rotatable bonds is 6. The lowest BCUT2D eigenvalue weighted by Gasteiger charge is -2.12. The maximum absolute atomic E-state index is 12.1. The first-order chi connectivity index (χ1) is 10.7. The Hall–Kier alpha value is -3.02. The van der Waals surface area contributed by atoms with Gasteiger partial charge in [-0.05, 0) is 30.3 Å². The van der Waals surface area contributed by atoms with Crippen molar-refractivity contribution in [2.75, 3.05) is 14.2 Å². The molecule has 0 aliphatic rings. The fourth-order valence-electron chi connectivity index (χ4n) is 1.81. The number of pyridine rings is 1. The summed E-state index contributed by atoms with van der Waals surface area (Å²) < 4.78 is 10.3. The van der Waals surface area contributed by atoms with Gasteiger partial charge in [-0.1, -0.05) is 6.58 Å². The van der Waals surface area contributed by atoms with Crippen molar-refractivity contribution in [2.45, 2.75) is 0 Å². The van der Waals surface area contributed by atoms with Gasteiger partial charge in [-0.2, -0.15) is 0 Å². The van der Waals surface area contributed by atoms with Crippen LogP contribution < -0.4 is 20.3 Å². The molecule has 22 heavy (non-hydrogen) atoms. The molecule has 0 spiro atoms. The molecule has 114 valence electrons. The van der Waals surface area contributed by atoms with Crippen molar-refractivity contribution >= 4 is 11.6 Å². The Morgan fingerprint density at radius 2 is 1.68 bits per heavy atom. The highest BCUT2D eigenvalue weighted by Crippen LogP contribution is 2.27. The molecular weight excluding hydrogens is 282 g/mol. The number of benzene rings is 1. The van der Waals surface area contributed by atoms with E-state index in [2.05, 4.69) is 22.4 Å². The number of aromatic nitrogens is 1. The highest BCUT2D eigenvalue weighted by molar-refractivity contribution is 5.95. The van der Waals surface area contributed by atoms with Gasteiger partial charge in [0.25, 0.3) is 5.91 Å². The molecule has 0 unspecified atom stereocenters. The van der Waals surface area contributed by atoms with Gasteiger partial charge in [-0.3, -0.25) is 20.6 Å². The number of methoxy groups -OCH3 is 2. The van der Waals surface area contributed by atoms with E-state index in [1.165, 1.54) is 14.2 Å². The van der Waals surface area contributed by atoms with Gasteiger partial charge < -0.3 is 9.47 Å². The quantitative estimate of drug-likeness (QED) is 0.798. The van der Waals surface area contributed by atoms with E-state index in [-0.39, 0.29) is 5.91 Å². The van der Waals surface area contributed by atoms with Crippen LogP contribution in [0.5, 0.6) is 11.5 Å². The lowest BCUT2D eigenvalue weighted by atomic mass is 10.2. The second kappa shape index (κ2) is 7.12. The molecule has 0 saturated heterocycles. The van der Waals surface area contributed by atoms with Crippen LogP contribution in [0.15, 0.2) is 49.3 Å². The molecule has 0 saturated carbocycles. The first-order valence-corrected chi connectivity index (χ1v) is 6.53. The highest BCUT2D eigenvalue weighted by Gasteiger charge is 2.10. The number of carbonyl (C=O) groups excluding carboxylic acids is 1. The summed E-state index contributed by atoms with van der Waals surface area (Å²) in [7, 11) is 3.06. The summed E-state index contributed by atoms with van der Waals surface area (Å²) in [5.74, 6) is 0.743. The molecule has 0 aliphatic carbocycles. The Labute approximate surface area is 128 Å². The zero-order valence-corrected chi connectivity index (χ0v) is 12.4. The summed E-state index contributed by atoms with van der Waals surface area (Å²) in [6.07, 6.45) is 3.30. The number of nitrogens with zero attached hydrogens (tertiary/aromatic N) is 1. The van der Waals surface area contributed by atoms with E-state index < -0.39 is 0 Å². The molecule has 1 heterocycles. The van der Waals surface area contributed by atoms with E-state index in [0.717, 1.165) is 5.56 Å². The summed E-state index contributed by atoms with van der Waals surface area (Å²) >= 11 is 0. The lowest BCUT2D eigenvalue weighted by molar-refractivity contribution is 0.0942. The van der Waals surface area contributed by atoms with Crippen molar-refractivity contribution in [3.63, 3.8) is 0 Å². The smallest absolute Gasteiger partial charge is 0.269 e. The summed E-state index contributed by atoms with van der Waals surface area (Å²) in [5.41, 5.74) is 7.19. The molecule has 1 aromatic carbocycles. The van der Waals surface area contributed by atoms with Crippen molar-refractivity contribution < 1.29 is 14.3 Å². The van der Waals surface area contributed by atoms with Gasteiger partial charge in [0.1, 0.15) is 0 Å². The Morgan fingerprint density at radius 3 is 2.32 bits per heavy atom. The van der Waals surface area contributed by atoms with Crippen LogP contribution in [0.2, 0.25) is 0 Å². The van der Waals surface area contributed by atoms with E-state index in [1.54, 1.807) is 42.7 Å². The minimum atomic E-state index is -0.309. The van der Waals surface area contributed by atoms with Crippen molar-refractivity contribution in [1.82, 2.24) is 15.8 Å². The first kappa shape index (κ1) is 15.4. The zero-order valence-electron chi connectivity index (χ0n) is 12.4. The average molecular weight is 299 g/mol. The van der Waals surface area contributed by atoms with Crippen molar-refractivity contribution in [2.24, 2.45) is 0 Å². The molecule has 6 heteroatoms. The van der Waals surface area contributed by atoms with Gasteiger partial charge >= 0.3 is 0 Å². The van der Waals surface area contributed by atoms with E-state index in [1.807, 2.05) is 0 Å². The molecule has 0 fully saturated rings. The second-order valence-electron chi connectivity index (χ2n) is 4.36. The van der Waals surface area contributed by atoms with Crippen LogP contribution in [0.1, 0.15) is 15.9 Å². The average Bonchev–Trinajstić information content (AvgIpc) is 2.59. The molecule has 0 bridgehead atoms. The van der Waals surface area contributed by atoms with Gasteiger partial charge in [0.05, 0.1) is 19.9 Å². The molecule has 0 radical (unpaired) electrons. The van der Waals surface area contributed by atoms with Crippen LogP contribution in [0.25, 0.3) is 5.70 Å². The maximum atomic E-state index is 12.1. The molecule has 2 N–H and O–H groups in total. The van der Waals surface area contributed by atoms with Crippen LogP contribution in [0.4, 0.5) is 0 Å². The Bertz CT molecular complexity index is 672. The number of nitrogens with one attached hydrogen (secondary N) is 2. The fraction of sp³-hybridized carbons (Fsp3) is 0.125. The van der Waals surface area contributed by atoms with E-state index in [9.17, 15) is 4.79 Å². The molecule has 1 amide bonds. The number of amides is 1. The normalized spacial score (nSPS) is 9.73. The first-order valence-electron chi connectivity index (χ1n) is 6.53. The molecule has 0 atom stereocenters.